The van der Waals surface area contributed by atoms with Crippen molar-refractivity contribution in [2.75, 3.05) is 13.6 Å². The molecule has 5 nitrogen and oxygen atoms in total. The van der Waals surface area contributed by atoms with E-state index in [0.717, 1.165) is 5.56 Å². The van der Waals surface area contributed by atoms with Crippen LogP contribution in [-0.4, -0.2) is 35.0 Å². The van der Waals surface area contributed by atoms with Crippen LogP contribution in [0.15, 0.2) is 39.8 Å². The summed E-state index contributed by atoms with van der Waals surface area (Å²) in [6.45, 7) is 0.475. The van der Waals surface area contributed by atoms with Crippen molar-refractivity contribution in [3.8, 4) is 23.7 Å². The van der Waals surface area contributed by atoms with E-state index in [9.17, 15) is 0 Å². The van der Waals surface area contributed by atoms with Gasteiger partial charge >= 0.3 is 6.01 Å². The van der Waals surface area contributed by atoms with Gasteiger partial charge in [-0.3, -0.25) is 0 Å². The molecule has 0 unspecified atom stereocenters. The second-order valence-electron chi connectivity index (χ2n) is 3.63. The zero-order chi connectivity index (χ0) is 12.8. The molecular formula is C13H12N4O. The van der Waals surface area contributed by atoms with E-state index in [2.05, 4.69) is 21.1 Å². The third-order valence-corrected chi connectivity index (χ3v) is 2.15. The zero-order valence-electron chi connectivity index (χ0n) is 9.95. The Hall–Kier alpha value is -2.61. The van der Waals surface area contributed by atoms with Crippen molar-refractivity contribution < 1.29 is 4.52 Å². The van der Waals surface area contributed by atoms with Gasteiger partial charge in [-0.05, 0) is 0 Å². The molecular weight excluding hydrogens is 228 g/mol. The van der Waals surface area contributed by atoms with E-state index in [1.165, 1.54) is 0 Å². The number of benzene rings is 1. The lowest BCUT2D eigenvalue weighted by Crippen LogP contribution is -2.15. The van der Waals surface area contributed by atoms with Crippen molar-refractivity contribution in [2.45, 2.75) is 0 Å². The smallest absolute Gasteiger partial charge is 0.349 e. The van der Waals surface area contributed by atoms with Crippen molar-refractivity contribution in [1.29, 1.82) is 0 Å². The molecule has 18 heavy (non-hydrogen) atoms. The summed E-state index contributed by atoms with van der Waals surface area (Å²) < 4.78 is 5.01. The number of terminal acetylenes is 1. The lowest BCUT2D eigenvalue weighted by Gasteiger charge is -2.05. The average molecular weight is 240 g/mol. The van der Waals surface area contributed by atoms with Crippen LogP contribution in [0.4, 0.5) is 6.01 Å². The molecule has 0 bridgehead atoms. The fourth-order valence-corrected chi connectivity index (χ4v) is 1.31. The van der Waals surface area contributed by atoms with Gasteiger partial charge in [0, 0.05) is 12.6 Å². The van der Waals surface area contributed by atoms with Gasteiger partial charge in [0.15, 0.2) is 0 Å². The highest BCUT2D eigenvalue weighted by Gasteiger charge is 2.06. The predicted molar refractivity (Wildman–Crippen MR) is 69.3 cm³/mol. The van der Waals surface area contributed by atoms with Crippen LogP contribution < -0.4 is 0 Å². The van der Waals surface area contributed by atoms with Gasteiger partial charge in [-0.25, -0.2) is 0 Å². The first-order valence-corrected chi connectivity index (χ1v) is 5.36. The summed E-state index contributed by atoms with van der Waals surface area (Å²) in [5.41, 5.74) is 0.889. The zero-order valence-corrected chi connectivity index (χ0v) is 9.95. The minimum atomic E-state index is 0.206. The second-order valence-corrected chi connectivity index (χ2v) is 3.63. The van der Waals surface area contributed by atoms with Crippen molar-refractivity contribution in [3.63, 3.8) is 0 Å². The van der Waals surface area contributed by atoms with Crippen LogP contribution in [0.2, 0.25) is 0 Å². The highest BCUT2D eigenvalue weighted by Crippen LogP contribution is 2.17. The minimum Gasteiger partial charge on any atom is -0.354 e. The Morgan fingerprint density at radius 3 is 2.94 bits per heavy atom. The molecule has 0 N–H and O–H groups in total. The molecule has 0 aliphatic rings. The summed E-state index contributed by atoms with van der Waals surface area (Å²) >= 11 is 0. The molecule has 2 aromatic rings. The Bertz CT molecular complexity index is 568. The van der Waals surface area contributed by atoms with Crippen LogP contribution >= 0.6 is 0 Å². The van der Waals surface area contributed by atoms with Gasteiger partial charge < -0.3 is 9.42 Å². The Morgan fingerprint density at radius 2 is 2.22 bits per heavy atom. The Balaban J connectivity index is 2.10. The maximum absolute atomic E-state index is 5.17. The van der Waals surface area contributed by atoms with E-state index in [-0.39, 0.29) is 6.01 Å². The molecule has 0 fully saturated rings. The highest BCUT2D eigenvalue weighted by molar-refractivity contribution is 5.59. The molecule has 1 heterocycles. The maximum atomic E-state index is 5.17. The van der Waals surface area contributed by atoms with Gasteiger partial charge in [0.2, 0.25) is 5.82 Å². The summed E-state index contributed by atoms with van der Waals surface area (Å²) in [5, 5.41) is 3.85. The Morgan fingerprint density at radius 1 is 1.44 bits per heavy atom. The molecule has 0 aliphatic carbocycles. The average Bonchev–Trinajstić information content (AvgIpc) is 2.87. The van der Waals surface area contributed by atoms with Crippen molar-refractivity contribution >= 4 is 12.4 Å². The summed E-state index contributed by atoms with van der Waals surface area (Å²) in [6, 6.07) is 9.77. The van der Waals surface area contributed by atoms with E-state index in [4.69, 9.17) is 10.9 Å². The van der Waals surface area contributed by atoms with Gasteiger partial charge in [-0.15, -0.1) is 6.42 Å². The summed E-state index contributed by atoms with van der Waals surface area (Å²) in [7, 11) is 1.82. The molecule has 0 saturated heterocycles. The molecule has 0 radical (unpaired) electrons. The predicted octanol–water partition coefficient (Wildman–Crippen LogP) is 1.96. The van der Waals surface area contributed by atoms with Crippen molar-refractivity contribution in [2.24, 2.45) is 4.99 Å². The first-order valence-electron chi connectivity index (χ1n) is 5.36. The van der Waals surface area contributed by atoms with Gasteiger partial charge in [-0.2, -0.15) is 9.98 Å². The molecule has 1 aromatic carbocycles. The van der Waals surface area contributed by atoms with Crippen LogP contribution in [0.5, 0.6) is 0 Å². The Kier molecular flexibility index (Phi) is 3.72. The molecule has 0 aliphatic heterocycles. The second kappa shape index (κ2) is 5.64. The number of aromatic nitrogens is 2. The molecule has 0 spiro atoms. The monoisotopic (exact) mass is 240 g/mol. The number of hydrogen-bond donors (Lipinski definition) is 0. The largest absolute Gasteiger partial charge is 0.354 e. The standard InChI is InChI=1S/C13H12N4O/c1-3-9-17(2)10-14-13-15-12(16-18-13)11-7-5-4-6-8-11/h1,4-8,10H,9H2,2H3. The molecule has 5 heteroatoms. The normalized spacial score (nSPS) is 10.4. The summed E-state index contributed by atoms with van der Waals surface area (Å²) in [5.74, 6) is 3.02. The molecule has 1 aromatic heterocycles. The first-order chi connectivity index (χ1) is 8.79. The first kappa shape index (κ1) is 11.9. The quantitative estimate of drug-likeness (QED) is 0.465. The SMILES string of the molecule is C#CCN(C)C=Nc1nc(-c2ccccc2)no1. The molecule has 90 valence electrons. The van der Waals surface area contributed by atoms with Gasteiger partial charge in [0.1, 0.15) is 0 Å². The highest BCUT2D eigenvalue weighted by atomic mass is 16.5. The van der Waals surface area contributed by atoms with E-state index < -0.39 is 0 Å². The summed E-state index contributed by atoms with van der Waals surface area (Å²) in [6.07, 6.45) is 6.73. The summed E-state index contributed by atoms with van der Waals surface area (Å²) in [4.78, 5) is 9.94. The third kappa shape index (κ3) is 2.95. The van der Waals surface area contributed by atoms with E-state index in [1.807, 2.05) is 37.4 Å². The number of hydrogen-bond acceptors (Lipinski definition) is 4. The van der Waals surface area contributed by atoms with Crippen LogP contribution in [0, 0.1) is 12.3 Å². The van der Waals surface area contributed by atoms with Crippen LogP contribution in [0.1, 0.15) is 0 Å². The van der Waals surface area contributed by atoms with Crippen molar-refractivity contribution in [3.05, 3.63) is 30.3 Å². The van der Waals surface area contributed by atoms with Crippen molar-refractivity contribution in [1.82, 2.24) is 15.0 Å². The molecule has 0 saturated carbocycles. The number of nitrogens with zero attached hydrogens (tertiary/aromatic N) is 4. The molecule has 2 rings (SSSR count). The fourth-order valence-electron chi connectivity index (χ4n) is 1.31. The number of rotatable bonds is 4. The lowest BCUT2D eigenvalue weighted by atomic mass is 10.2. The van der Waals surface area contributed by atoms with Gasteiger partial charge in [0.05, 0.1) is 12.9 Å². The molecule has 0 atom stereocenters. The number of aliphatic imine (C=N–C) groups is 1. The molecule has 0 amide bonds. The lowest BCUT2D eigenvalue weighted by molar-refractivity contribution is 0.429. The van der Waals surface area contributed by atoms with Crippen LogP contribution in [0.25, 0.3) is 11.4 Å². The minimum absolute atomic E-state index is 0.206. The maximum Gasteiger partial charge on any atom is 0.349 e. The van der Waals surface area contributed by atoms with Crippen LogP contribution in [-0.2, 0) is 0 Å². The van der Waals surface area contributed by atoms with E-state index in [1.54, 1.807) is 11.2 Å². The van der Waals surface area contributed by atoms with E-state index in [0.29, 0.717) is 12.4 Å². The topological polar surface area (TPSA) is 54.5 Å². The fraction of sp³-hybridized carbons (Fsp3) is 0.154. The Labute approximate surface area is 105 Å². The van der Waals surface area contributed by atoms with Gasteiger partial charge in [-0.1, -0.05) is 41.4 Å². The van der Waals surface area contributed by atoms with Crippen LogP contribution in [0.3, 0.4) is 0 Å². The van der Waals surface area contributed by atoms with Gasteiger partial charge in [0.25, 0.3) is 0 Å². The van der Waals surface area contributed by atoms with E-state index >= 15 is 0 Å². The third-order valence-electron chi connectivity index (χ3n) is 2.15.